The number of ether oxygens (including phenoxy) is 1. The van der Waals surface area contributed by atoms with E-state index in [1.807, 2.05) is 35.8 Å². The molecule has 1 fully saturated rings. The van der Waals surface area contributed by atoms with Crippen molar-refractivity contribution in [2.75, 3.05) is 23.0 Å². The highest BCUT2D eigenvalue weighted by atomic mass is 32.2. The molecule has 3 aromatic rings. The third-order valence-electron chi connectivity index (χ3n) is 5.17. The van der Waals surface area contributed by atoms with Crippen molar-refractivity contribution < 1.29 is 13.9 Å². The van der Waals surface area contributed by atoms with Crippen molar-refractivity contribution in [1.82, 2.24) is 14.8 Å². The molecule has 0 unspecified atom stereocenters. The third kappa shape index (κ3) is 6.08. The van der Waals surface area contributed by atoms with Crippen LogP contribution < -0.4 is 10.6 Å². The highest BCUT2D eigenvalue weighted by Crippen LogP contribution is 2.22. The van der Waals surface area contributed by atoms with E-state index in [1.165, 1.54) is 23.9 Å². The smallest absolute Gasteiger partial charge is 0.234 e. The first-order valence-corrected chi connectivity index (χ1v) is 11.6. The normalized spacial score (nSPS) is 15.6. The Morgan fingerprint density at radius 2 is 1.91 bits per heavy atom. The number of thioether (sulfide) groups is 1. The zero-order valence-electron chi connectivity index (χ0n) is 17.9. The van der Waals surface area contributed by atoms with Crippen molar-refractivity contribution in [1.29, 1.82) is 0 Å². The molecule has 2 N–H and O–H groups in total. The number of nitrogens with one attached hydrogen (secondary N) is 2. The fourth-order valence-electron chi connectivity index (χ4n) is 3.44. The Hall–Kier alpha value is -2.91. The molecular weight excluding hydrogens is 429 g/mol. The lowest BCUT2D eigenvalue weighted by molar-refractivity contribution is -0.113. The van der Waals surface area contributed by atoms with Crippen molar-refractivity contribution in [2.24, 2.45) is 0 Å². The lowest BCUT2D eigenvalue weighted by Crippen LogP contribution is -2.20. The largest absolute Gasteiger partial charge is 0.378 e. The number of amides is 1. The number of halogens is 1. The Kier molecular flexibility index (Phi) is 7.39. The van der Waals surface area contributed by atoms with Gasteiger partial charge in [-0.05, 0) is 56.2 Å². The van der Waals surface area contributed by atoms with Crippen LogP contribution in [0.2, 0.25) is 0 Å². The number of carbonyl (C=O) groups is 1. The van der Waals surface area contributed by atoms with E-state index in [4.69, 9.17) is 4.74 Å². The molecule has 1 saturated heterocycles. The van der Waals surface area contributed by atoms with Crippen LogP contribution in [0.25, 0.3) is 0 Å². The molecule has 0 saturated carbocycles. The number of anilines is 2. The van der Waals surface area contributed by atoms with Gasteiger partial charge < -0.3 is 19.9 Å². The molecule has 1 amide bonds. The van der Waals surface area contributed by atoms with Gasteiger partial charge in [-0.2, -0.15) is 0 Å². The van der Waals surface area contributed by atoms with Crippen LogP contribution in [0.3, 0.4) is 0 Å². The second kappa shape index (κ2) is 10.6. The minimum absolute atomic E-state index is 0.100. The van der Waals surface area contributed by atoms with Crippen LogP contribution in [0.15, 0.2) is 53.7 Å². The van der Waals surface area contributed by atoms with E-state index in [0.29, 0.717) is 18.2 Å². The monoisotopic (exact) mass is 455 g/mol. The van der Waals surface area contributed by atoms with E-state index < -0.39 is 0 Å². The van der Waals surface area contributed by atoms with Gasteiger partial charge >= 0.3 is 0 Å². The van der Waals surface area contributed by atoms with Crippen LogP contribution in [0.4, 0.5) is 15.8 Å². The van der Waals surface area contributed by atoms with Gasteiger partial charge in [0.05, 0.1) is 24.9 Å². The number of aryl methyl sites for hydroxylation is 1. The first-order valence-electron chi connectivity index (χ1n) is 10.6. The van der Waals surface area contributed by atoms with E-state index in [0.717, 1.165) is 42.2 Å². The lowest BCUT2D eigenvalue weighted by Gasteiger charge is -2.15. The van der Waals surface area contributed by atoms with Crippen LogP contribution in [0, 0.1) is 12.7 Å². The Morgan fingerprint density at radius 3 is 2.62 bits per heavy atom. The standard InChI is InChI=1S/C23H26FN5O2S/c1-16-4-8-19(9-5-16)26-22(30)15-32-23-28-27-21(29(23)14-20-3-2-12-31-20)13-25-18-10-6-17(24)7-11-18/h4-11,20,25H,2-3,12-15H2,1H3,(H,26,30)/t20-/m0/s1. The molecule has 0 bridgehead atoms. The molecule has 2 heterocycles. The number of carbonyl (C=O) groups excluding carboxylic acids is 1. The average Bonchev–Trinajstić information content (AvgIpc) is 3.44. The molecule has 1 atom stereocenters. The van der Waals surface area contributed by atoms with Gasteiger partial charge in [-0.15, -0.1) is 10.2 Å². The van der Waals surface area contributed by atoms with Crippen LogP contribution >= 0.6 is 11.8 Å². The zero-order valence-corrected chi connectivity index (χ0v) is 18.7. The number of rotatable bonds is 9. The molecular formula is C23H26FN5O2S. The Labute approximate surface area is 190 Å². The molecule has 168 valence electrons. The van der Waals surface area contributed by atoms with Crippen LogP contribution in [0.5, 0.6) is 0 Å². The summed E-state index contributed by atoms with van der Waals surface area (Å²) in [7, 11) is 0. The average molecular weight is 456 g/mol. The Balaban J connectivity index is 1.41. The zero-order chi connectivity index (χ0) is 22.3. The van der Waals surface area contributed by atoms with E-state index in [2.05, 4.69) is 20.8 Å². The van der Waals surface area contributed by atoms with Crippen molar-refractivity contribution in [3.05, 3.63) is 65.7 Å². The van der Waals surface area contributed by atoms with Crippen molar-refractivity contribution in [3.63, 3.8) is 0 Å². The van der Waals surface area contributed by atoms with Gasteiger partial charge in [0, 0.05) is 18.0 Å². The van der Waals surface area contributed by atoms with Gasteiger partial charge in [0.15, 0.2) is 11.0 Å². The maximum Gasteiger partial charge on any atom is 0.234 e. The van der Waals surface area contributed by atoms with E-state index in [1.54, 1.807) is 12.1 Å². The summed E-state index contributed by atoms with van der Waals surface area (Å²) < 4.78 is 21.0. The van der Waals surface area contributed by atoms with Gasteiger partial charge in [-0.1, -0.05) is 29.5 Å². The van der Waals surface area contributed by atoms with E-state index in [-0.39, 0.29) is 23.6 Å². The molecule has 1 aromatic heterocycles. The van der Waals surface area contributed by atoms with Crippen molar-refractivity contribution in [3.8, 4) is 0 Å². The molecule has 2 aromatic carbocycles. The molecule has 9 heteroatoms. The molecule has 32 heavy (non-hydrogen) atoms. The second-order valence-electron chi connectivity index (χ2n) is 7.71. The summed E-state index contributed by atoms with van der Waals surface area (Å²) >= 11 is 1.35. The first-order chi connectivity index (χ1) is 15.6. The molecule has 1 aliphatic rings. The summed E-state index contributed by atoms with van der Waals surface area (Å²) in [4.78, 5) is 12.4. The maximum absolute atomic E-state index is 13.1. The van der Waals surface area contributed by atoms with Gasteiger partial charge in [0.2, 0.25) is 5.91 Å². The molecule has 7 nitrogen and oxygen atoms in total. The van der Waals surface area contributed by atoms with Gasteiger partial charge in [0.1, 0.15) is 5.82 Å². The molecule has 1 aliphatic heterocycles. The van der Waals surface area contributed by atoms with Crippen molar-refractivity contribution in [2.45, 2.75) is 44.1 Å². The molecule has 4 rings (SSSR count). The van der Waals surface area contributed by atoms with Crippen molar-refractivity contribution >= 4 is 29.0 Å². The number of aromatic nitrogens is 3. The minimum Gasteiger partial charge on any atom is -0.378 e. The highest BCUT2D eigenvalue weighted by Gasteiger charge is 2.21. The molecule has 0 aliphatic carbocycles. The predicted molar refractivity (Wildman–Crippen MR) is 123 cm³/mol. The topological polar surface area (TPSA) is 81.1 Å². The Morgan fingerprint density at radius 1 is 1.16 bits per heavy atom. The molecule has 0 radical (unpaired) electrons. The number of benzene rings is 2. The SMILES string of the molecule is Cc1ccc(NC(=O)CSc2nnc(CNc3ccc(F)cc3)n2C[C@@H]2CCCO2)cc1. The van der Waals surface area contributed by atoms with E-state index >= 15 is 0 Å². The minimum atomic E-state index is -0.278. The van der Waals surface area contributed by atoms with Gasteiger partial charge in [-0.3, -0.25) is 4.79 Å². The highest BCUT2D eigenvalue weighted by molar-refractivity contribution is 7.99. The lowest BCUT2D eigenvalue weighted by atomic mass is 10.2. The second-order valence-corrected chi connectivity index (χ2v) is 8.65. The van der Waals surface area contributed by atoms with Crippen LogP contribution in [-0.4, -0.2) is 39.1 Å². The summed E-state index contributed by atoms with van der Waals surface area (Å²) in [5.41, 5.74) is 2.71. The first kappa shape index (κ1) is 22.3. The number of hydrogen-bond donors (Lipinski definition) is 2. The van der Waals surface area contributed by atoms with Crippen LogP contribution in [-0.2, 0) is 22.6 Å². The number of nitrogens with zero attached hydrogens (tertiary/aromatic N) is 3. The summed E-state index contributed by atoms with van der Waals surface area (Å²) in [5.74, 6) is 0.589. The Bertz CT molecular complexity index is 1030. The fourth-order valence-corrected chi connectivity index (χ4v) is 4.21. The summed E-state index contributed by atoms with van der Waals surface area (Å²) in [5, 5.41) is 15.5. The maximum atomic E-state index is 13.1. The van der Waals surface area contributed by atoms with E-state index in [9.17, 15) is 9.18 Å². The summed E-state index contributed by atoms with van der Waals surface area (Å²) in [6, 6.07) is 13.9. The predicted octanol–water partition coefficient (Wildman–Crippen LogP) is 4.25. The number of hydrogen-bond acceptors (Lipinski definition) is 6. The van der Waals surface area contributed by atoms with Gasteiger partial charge in [-0.25, -0.2) is 4.39 Å². The quantitative estimate of drug-likeness (QED) is 0.470. The molecule has 0 spiro atoms. The third-order valence-corrected chi connectivity index (χ3v) is 6.13. The summed E-state index contributed by atoms with van der Waals surface area (Å²) in [6.45, 7) is 3.83. The fraction of sp³-hybridized carbons (Fsp3) is 0.348. The summed E-state index contributed by atoms with van der Waals surface area (Å²) in [6.07, 6.45) is 2.13. The van der Waals surface area contributed by atoms with Gasteiger partial charge in [0.25, 0.3) is 0 Å². The van der Waals surface area contributed by atoms with Crippen LogP contribution in [0.1, 0.15) is 24.2 Å².